The molecule has 186 valence electrons. The van der Waals surface area contributed by atoms with Crippen molar-refractivity contribution in [1.29, 1.82) is 0 Å². The lowest BCUT2D eigenvalue weighted by atomic mass is 9.82. The molecule has 1 aromatic rings. The zero-order valence-electron chi connectivity index (χ0n) is 17.9. The van der Waals surface area contributed by atoms with Gasteiger partial charge in [-0.2, -0.15) is 13.2 Å². The zero-order valence-corrected chi connectivity index (χ0v) is 18.8. The van der Waals surface area contributed by atoms with Crippen molar-refractivity contribution in [3.63, 3.8) is 0 Å². The summed E-state index contributed by atoms with van der Waals surface area (Å²) < 4.78 is 88.7. The molecule has 2 aliphatic rings. The number of hydrogen-bond donors (Lipinski definition) is 2. The van der Waals surface area contributed by atoms with E-state index in [-0.39, 0.29) is 31.7 Å². The van der Waals surface area contributed by atoms with Gasteiger partial charge in [0.1, 0.15) is 18.2 Å². The molecule has 1 aliphatic carbocycles. The second-order valence-electron chi connectivity index (χ2n) is 8.31. The van der Waals surface area contributed by atoms with Crippen molar-refractivity contribution in [1.82, 2.24) is 10.0 Å². The number of alkyl halides is 3. The predicted octanol–water partition coefficient (Wildman–Crippen LogP) is 3.01. The van der Waals surface area contributed by atoms with Gasteiger partial charge in [-0.3, -0.25) is 4.79 Å². The van der Waals surface area contributed by atoms with Crippen LogP contribution in [0, 0.1) is 5.82 Å². The van der Waals surface area contributed by atoms with Gasteiger partial charge in [0.25, 0.3) is 0 Å². The van der Waals surface area contributed by atoms with Gasteiger partial charge >= 0.3 is 15.5 Å². The smallest absolute Gasteiger partial charge is 0.486 e. The van der Waals surface area contributed by atoms with Crippen molar-refractivity contribution in [2.45, 2.75) is 68.1 Å². The Labute approximate surface area is 190 Å². The molecular weight excluding hydrogens is 468 g/mol. The van der Waals surface area contributed by atoms with Crippen molar-refractivity contribution < 1.29 is 40.2 Å². The average molecular weight is 497 g/mol. The normalized spacial score (nSPS) is 26.7. The molecule has 1 saturated carbocycles. The Morgan fingerprint density at radius 2 is 1.88 bits per heavy atom. The molecule has 1 aliphatic heterocycles. The van der Waals surface area contributed by atoms with Crippen LogP contribution in [0.4, 0.5) is 17.6 Å². The maximum absolute atomic E-state index is 14.5. The fourth-order valence-electron chi connectivity index (χ4n) is 4.46. The highest BCUT2D eigenvalue weighted by atomic mass is 32.2. The molecule has 33 heavy (non-hydrogen) atoms. The summed E-state index contributed by atoms with van der Waals surface area (Å²) in [6, 6.07) is 3.00. The van der Waals surface area contributed by atoms with Crippen molar-refractivity contribution in [2.75, 3.05) is 19.8 Å². The van der Waals surface area contributed by atoms with E-state index in [1.54, 1.807) is 10.8 Å². The van der Waals surface area contributed by atoms with E-state index in [4.69, 9.17) is 9.47 Å². The minimum Gasteiger partial charge on any atom is -0.486 e. The number of carbonyl (C=O) groups excluding carboxylic acids is 1. The Bertz CT molecular complexity index is 904. The van der Waals surface area contributed by atoms with Gasteiger partial charge in [0.15, 0.2) is 6.29 Å². The van der Waals surface area contributed by atoms with E-state index in [1.165, 1.54) is 12.1 Å². The molecule has 3 rings (SSSR count). The van der Waals surface area contributed by atoms with E-state index >= 15 is 0 Å². The maximum atomic E-state index is 14.5. The molecule has 12 heteroatoms. The molecule has 0 radical (unpaired) electrons. The summed E-state index contributed by atoms with van der Waals surface area (Å²) in [6.45, 7) is 0.457. The van der Waals surface area contributed by atoms with E-state index < -0.39 is 33.4 Å². The third-order valence-corrected chi connectivity index (χ3v) is 7.33. The highest BCUT2D eigenvalue weighted by Gasteiger charge is 2.47. The second kappa shape index (κ2) is 11.1. The molecule has 2 atom stereocenters. The first kappa shape index (κ1) is 25.9. The summed E-state index contributed by atoms with van der Waals surface area (Å²) in [6.07, 6.45) is 3.70. The molecule has 0 unspecified atom stereocenters. The van der Waals surface area contributed by atoms with Gasteiger partial charge in [0, 0.05) is 17.6 Å². The number of piperidine rings is 1. The Kier molecular flexibility index (Phi) is 8.70. The largest absolute Gasteiger partial charge is 0.511 e. The molecule has 1 saturated heterocycles. The van der Waals surface area contributed by atoms with Crippen LogP contribution in [-0.2, 0) is 19.6 Å². The molecule has 0 amide bonds. The van der Waals surface area contributed by atoms with Crippen LogP contribution < -0.4 is 14.8 Å². The predicted molar refractivity (Wildman–Crippen MR) is 112 cm³/mol. The van der Waals surface area contributed by atoms with Crippen LogP contribution in [0.3, 0.4) is 0 Å². The molecule has 0 aromatic heterocycles. The number of halogens is 4. The molecule has 0 spiro atoms. The van der Waals surface area contributed by atoms with Gasteiger partial charge in [-0.1, -0.05) is 6.07 Å². The topological polar surface area (TPSA) is 93.7 Å². The molecule has 1 heterocycles. The second-order valence-corrected chi connectivity index (χ2v) is 10.0. The lowest BCUT2D eigenvalue weighted by Crippen LogP contribution is -2.57. The van der Waals surface area contributed by atoms with Crippen molar-refractivity contribution in [2.24, 2.45) is 0 Å². The number of rotatable bonds is 9. The van der Waals surface area contributed by atoms with Gasteiger partial charge in [0.2, 0.25) is 0 Å². The third-order valence-electron chi connectivity index (χ3n) is 6.11. The van der Waals surface area contributed by atoms with E-state index in [9.17, 15) is 30.8 Å². The Hall–Kier alpha value is -1.76. The maximum Gasteiger partial charge on any atom is 0.511 e. The van der Waals surface area contributed by atoms with Crippen molar-refractivity contribution >= 4 is 16.3 Å². The molecule has 0 bridgehead atoms. The number of benzene rings is 1. The lowest BCUT2D eigenvalue weighted by molar-refractivity contribution is -0.109. The van der Waals surface area contributed by atoms with Gasteiger partial charge in [-0.15, -0.1) is 0 Å². The number of hydrogen-bond acceptors (Lipinski definition) is 6. The number of carbonyl (C=O) groups is 1. The first-order valence-electron chi connectivity index (χ1n) is 10.9. The summed E-state index contributed by atoms with van der Waals surface area (Å²) in [5, 5.41) is 3.04. The highest BCUT2D eigenvalue weighted by molar-refractivity contribution is 7.90. The SMILES string of the molecule is O=CCOc1cccc(F)c1C1CCC(OC[C@@H]2NCCC[C@@H]2NS(=O)(=O)C(F)(F)F)CC1. The van der Waals surface area contributed by atoms with E-state index in [1.807, 2.05) is 0 Å². The van der Waals surface area contributed by atoms with Crippen LogP contribution in [0.15, 0.2) is 18.2 Å². The Balaban J connectivity index is 1.55. The molecule has 1 aromatic carbocycles. The molecule has 7 nitrogen and oxygen atoms in total. The van der Waals surface area contributed by atoms with Gasteiger partial charge in [-0.25, -0.2) is 17.5 Å². The van der Waals surface area contributed by atoms with Crippen molar-refractivity contribution in [3.05, 3.63) is 29.6 Å². The monoisotopic (exact) mass is 496 g/mol. The van der Waals surface area contributed by atoms with E-state index in [0.29, 0.717) is 56.2 Å². The van der Waals surface area contributed by atoms with Crippen LogP contribution in [0.1, 0.15) is 50.0 Å². The van der Waals surface area contributed by atoms with Gasteiger partial charge in [-0.05, 0) is 63.1 Å². The summed E-state index contributed by atoms with van der Waals surface area (Å²) in [4.78, 5) is 10.6. The van der Waals surface area contributed by atoms with E-state index in [2.05, 4.69) is 5.32 Å². The first-order chi connectivity index (χ1) is 15.6. The average Bonchev–Trinajstić information content (AvgIpc) is 2.76. The molecule has 2 fully saturated rings. The quantitative estimate of drug-likeness (QED) is 0.403. The zero-order chi connectivity index (χ0) is 24.1. The number of aldehydes is 1. The fourth-order valence-corrected chi connectivity index (χ4v) is 5.27. The highest BCUT2D eigenvalue weighted by Crippen LogP contribution is 2.40. The molecule has 2 N–H and O–H groups in total. The standard InChI is InChI=1S/C21H28F4N2O5S/c22-16-3-1-5-19(31-12-11-28)20(16)14-6-8-15(9-7-14)32-13-18-17(4-2-10-26-18)27-33(29,30)21(23,24)25/h1,3,5,11,14-15,17-18,26-27H,2,4,6-10,12-13H2/t14?,15?,17-,18-/m0/s1. The minimum absolute atomic E-state index is 0.0633. The summed E-state index contributed by atoms with van der Waals surface area (Å²) in [5.74, 6) is -0.154. The minimum atomic E-state index is -5.44. The van der Waals surface area contributed by atoms with Crippen molar-refractivity contribution in [3.8, 4) is 5.75 Å². The molecular formula is C21H28F4N2O5S. The van der Waals surface area contributed by atoms with Crippen LogP contribution in [0.5, 0.6) is 5.75 Å². The van der Waals surface area contributed by atoms with Crippen LogP contribution in [0.2, 0.25) is 0 Å². The summed E-state index contributed by atoms with van der Waals surface area (Å²) >= 11 is 0. The van der Waals surface area contributed by atoms with Crippen LogP contribution in [0.25, 0.3) is 0 Å². The first-order valence-corrected chi connectivity index (χ1v) is 12.4. The number of sulfonamides is 1. The van der Waals surface area contributed by atoms with Crippen LogP contribution >= 0.6 is 0 Å². The summed E-state index contributed by atoms with van der Waals surface area (Å²) in [7, 11) is -5.44. The summed E-state index contributed by atoms with van der Waals surface area (Å²) in [5.41, 5.74) is -4.93. The van der Waals surface area contributed by atoms with Gasteiger partial charge < -0.3 is 14.8 Å². The lowest BCUT2D eigenvalue weighted by Gasteiger charge is -2.35. The third kappa shape index (κ3) is 6.65. The number of ether oxygens (including phenoxy) is 2. The van der Waals surface area contributed by atoms with Gasteiger partial charge in [0.05, 0.1) is 12.7 Å². The van der Waals surface area contributed by atoms with Crippen LogP contribution in [-0.4, -0.2) is 58.2 Å². The fraction of sp³-hybridized carbons (Fsp3) is 0.667. The Morgan fingerprint density at radius 1 is 1.15 bits per heavy atom. The Morgan fingerprint density at radius 3 is 2.55 bits per heavy atom. The van der Waals surface area contributed by atoms with E-state index in [0.717, 1.165) is 0 Å². The number of nitrogens with one attached hydrogen (secondary N) is 2.